The molecule has 1 fully saturated rings. The van der Waals surface area contributed by atoms with Crippen LogP contribution in [0.2, 0.25) is 0 Å². The smallest absolute Gasteiger partial charge is 0.155 e. The van der Waals surface area contributed by atoms with Crippen molar-refractivity contribution in [2.24, 2.45) is 5.92 Å². The van der Waals surface area contributed by atoms with E-state index in [9.17, 15) is 8.42 Å². The second kappa shape index (κ2) is 3.20. The molecule has 1 unspecified atom stereocenters. The zero-order valence-corrected chi connectivity index (χ0v) is 10.5. The van der Waals surface area contributed by atoms with Crippen LogP contribution in [0.5, 0.6) is 0 Å². The van der Waals surface area contributed by atoms with E-state index in [1.165, 1.54) is 0 Å². The molecule has 0 saturated carbocycles. The Balaban J connectivity index is 3.08. The van der Waals surface area contributed by atoms with Crippen LogP contribution in [0.1, 0.15) is 34.1 Å². The zero-order chi connectivity index (χ0) is 11.2. The molecule has 4 heteroatoms. The van der Waals surface area contributed by atoms with Gasteiger partial charge in [0.05, 0.1) is 10.5 Å². The summed E-state index contributed by atoms with van der Waals surface area (Å²) in [6.07, 6.45) is 0.767. The van der Waals surface area contributed by atoms with Crippen LogP contribution in [-0.4, -0.2) is 31.5 Å². The molecule has 3 nitrogen and oxygen atoms in total. The van der Waals surface area contributed by atoms with E-state index in [4.69, 9.17) is 0 Å². The van der Waals surface area contributed by atoms with Gasteiger partial charge < -0.3 is 5.32 Å². The summed E-state index contributed by atoms with van der Waals surface area (Å²) in [4.78, 5) is 0. The van der Waals surface area contributed by atoms with E-state index >= 15 is 0 Å². The third-order valence-electron chi connectivity index (χ3n) is 3.83. The molecule has 1 aliphatic heterocycles. The molecule has 0 amide bonds. The number of hydrogen-bond donors (Lipinski definition) is 1. The normalized spacial score (nSPS) is 30.5. The first-order valence-corrected chi connectivity index (χ1v) is 6.71. The molecule has 1 atom stereocenters. The Bertz CT molecular complexity index is 317. The van der Waals surface area contributed by atoms with E-state index < -0.39 is 14.6 Å². The zero-order valence-electron chi connectivity index (χ0n) is 9.72. The van der Waals surface area contributed by atoms with Gasteiger partial charge in [0.2, 0.25) is 0 Å². The largest absolute Gasteiger partial charge is 0.314 e. The summed E-state index contributed by atoms with van der Waals surface area (Å²) in [5.74, 6) is 0.514. The third kappa shape index (κ3) is 1.58. The monoisotopic (exact) mass is 219 g/mol. The Labute approximate surface area is 87.2 Å². The first-order valence-electron chi connectivity index (χ1n) is 5.06. The maximum Gasteiger partial charge on any atom is 0.155 e. The highest BCUT2D eigenvalue weighted by atomic mass is 32.2. The van der Waals surface area contributed by atoms with Crippen LogP contribution in [0.15, 0.2) is 0 Å². The summed E-state index contributed by atoms with van der Waals surface area (Å²) in [5, 5.41) is 3.21. The molecular weight excluding hydrogens is 198 g/mol. The lowest BCUT2D eigenvalue weighted by atomic mass is 9.77. The predicted molar refractivity (Wildman–Crippen MR) is 59.1 cm³/mol. The summed E-state index contributed by atoms with van der Waals surface area (Å²) >= 11 is 0. The van der Waals surface area contributed by atoms with Crippen molar-refractivity contribution in [3.8, 4) is 0 Å². The van der Waals surface area contributed by atoms with Crippen LogP contribution < -0.4 is 5.32 Å². The van der Waals surface area contributed by atoms with Gasteiger partial charge in [-0.3, -0.25) is 0 Å². The number of hydrogen-bond acceptors (Lipinski definition) is 3. The minimum Gasteiger partial charge on any atom is -0.314 e. The van der Waals surface area contributed by atoms with Crippen LogP contribution in [0.4, 0.5) is 0 Å². The average Bonchev–Trinajstić information content (AvgIpc) is 2.23. The van der Waals surface area contributed by atoms with Gasteiger partial charge in [-0.25, -0.2) is 8.42 Å². The molecule has 0 radical (unpaired) electrons. The fourth-order valence-electron chi connectivity index (χ4n) is 2.50. The minimum absolute atomic E-state index is 0.118. The van der Waals surface area contributed by atoms with Crippen molar-refractivity contribution in [2.75, 3.05) is 12.8 Å². The molecule has 1 rings (SSSR count). The summed E-state index contributed by atoms with van der Waals surface area (Å²) < 4.78 is 23.1. The Kier molecular flexibility index (Phi) is 2.74. The van der Waals surface area contributed by atoms with Crippen molar-refractivity contribution in [1.82, 2.24) is 5.32 Å². The van der Waals surface area contributed by atoms with E-state index in [1.807, 2.05) is 20.9 Å². The summed E-state index contributed by atoms with van der Waals surface area (Å²) in [7, 11) is -1.02. The molecule has 0 aromatic carbocycles. The van der Waals surface area contributed by atoms with Crippen molar-refractivity contribution in [3.05, 3.63) is 0 Å². The van der Waals surface area contributed by atoms with Crippen LogP contribution in [0.3, 0.4) is 0 Å². The molecule has 14 heavy (non-hydrogen) atoms. The highest BCUT2D eigenvalue weighted by Gasteiger charge is 2.52. The first-order chi connectivity index (χ1) is 6.15. The molecule has 0 aliphatic carbocycles. The van der Waals surface area contributed by atoms with Crippen LogP contribution in [0, 0.1) is 5.92 Å². The second-order valence-electron chi connectivity index (χ2n) is 5.24. The van der Waals surface area contributed by atoms with E-state index in [1.54, 1.807) is 0 Å². The Morgan fingerprint density at radius 3 is 2.14 bits per heavy atom. The van der Waals surface area contributed by atoms with Crippen LogP contribution in [-0.2, 0) is 9.84 Å². The van der Waals surface area contributed by atoms with E-state index in [-0.39, 0.29) is 11.5 Å². The van der Waals surface area contributed by atoms with Crippen molar-refractivity contribution in [2.45, 2.75) is 44.4 Å². The van der Waals surface area contributed by atoms with Gasteiger partial charge in [0.15, 0.2) is 9.84 Å². The quantitative estimate of drug-likeness (QED) is 0.759. The number of rotatable bonds is 2. The van der Waals surface area contributed by atoms with Crippen LogP contribution in [0.25, 0.3) is 0 Å². The van der Waals surface area contributed by atoms with Gasteiger partial charge in [0.1, 0.15) is 0 Å². The Morgan fingerprint density at radius 1 is 1.36 bits per heavy atom. The summed E-state index contributed by atoms with van der Waals surface area (Å²) in [6, 6.07) is 0. The SMILES string of the molecule is CNC(C)(C)C1CCS(=O)(=O)C1(C)C. The van der Waals surface area contributed by atoms with Gasteiger partial charge in [0, 0.05) is 5.54 Å². The fourth-order valence-corrected chi connectivity index (χ4v) is 4.42. The lowest BCUT2D eigenvalue weighted by Crippen LogP contribution is -2.51. The van der Waals surface area contributed by atoms with Gasteiger partial charge in [0.25, 0.3) is 0 Å². The Hall–Kier alpha value is -0.0900. The molecule has 0 aromatic heterocycles. The van der Waals surface area contributed by atoms with Gasteiger partial charge in [-0.05, 0) is 47.1 Å². The fraction of sp³-hybridized carbons (Fsp3) is 1.00. The number of sulfone groups is 1. The Morgan fingerprint density at radius 2 is 1.86 bits per heavy atom. The van der Waals surface area contributed by atoms with E-state index in [2.05, 4.69) is 19.2 Å². The molecule has 1 saturated heterocycles. The standard InChI is InChI=1S/C10H21NO2S/c1-9(2,11-5)8-6-7-14(12,13)10(8,3)4/h8,11H,6-7H2,1-5H3. The molecular formula is C10H21NO2S. The molecule has 0 spiro atoms. The summed E-state index contributed by atoms with van der Waals surface area (Å²) in [5.41, 5.74) is -0.118. The topological polar surface area (TPSA) is 46.2 Å². The molecule has 1 aliphatic rings. The molecule has 0 bridgehead atoms. The van der Waals surface area contributed by atoms with E-state index in [0.29, 0.717) is 5.75 Å². The van der Waals surface area contributed by atoms with Gasteiger partial charge >= 0.3 is 0 Å². The molecule has 1 heterocycles. The maximum atomic E-state index is 11.8. The first kappa shape index (κ1) is 12.0. The lowest BCUT2D eigenvalue weighted by Gasteiger charge is -2.38. The minimum atomic E-state index is -2.91. The van der Waals surface area contributed by atoms with Crippen molar-refractivity contribution < 1.29 is 8.42 Å². The van der Waals surface area contributed by atoms with Gasteiger partial charge in [-0.2, -0.15) is 0 Å². The lowest BCUT2D eigenvalue weighted by molar-refractivity contribution is 0.228. The van der Waals surface area contributed by atoms with Crippen molar-refractivity contribution in [1.29, 1.82) is 0 Å². The molecule has 1 N–H and O–H groups in total. The van der Waals surface area contributed by atoms with E-state index in [0.717, 1.165) is 6.42 Å². The predicted octanol–water partition coefficient (Wildman–Crippen LogP) is 1.20. The highest BCUT2D eigenvalue weighted by molar-refractivity contribution is 7.93. The highest BCUT2D eigenvalue weighted by Crippen LogP contribution is 2.42. The second-order valence-corrected chi connectivity index (χ2v) is 7.93. The molecule has 84 valence electrons. The third-order valence-corrected chi connectivity index (χ3v) is 6.49. The van der Waals surface area contributed by atoms with Gasteiger partial charge in [-0.15, -0.1) is 0 Å². The summed E-state index contributed by atoms with van der Waals surface area (Å²) in [6.45, 7) is 7.83. The van der Waals surface area contributed by atoms with Crippen molar-refractivity contribution in [3.63, 3.8) is 0 Å². The number of nitrogens with one attached hydrogen (secondary N) is 1. The van der Waals surface area contributed by atoms with Gasteiger partial charge in [-0.1, -0.05) is 0 Å². The maximum absolute atomic E-state index is 11.8. The average molecular weight is 219 g/mol. The van der Waals surface area contributed by atoms with Crippen molar-refractivity contribution >= 4 is 9.84 Å². The molecule has 0 aromatic rings. The van der Waals surface area contributed by atoms with Crippen LogP contribution >= 0.6 is 0 Å².